The van der Waals surface area contributed by atoms with Crippen molar-refractivity contribution in [2.45, 2.75) is 91.5 Å². The second-order valence-electron chi connectivity index (χ2n) is 23.4. The van der Waals surface area contributed by atoms with Crippen LogP contribution in [-0.2, 0) is 55.0 Å². The Morgan fingerprint density at radius 2 is 0.911 bits per heavy atom. The first kappa shape index (κ1) is 96.9. The number of aliphatic hydroxyl groups is 4. The smallest absolute Gasteiger partial charge is 0.870 e. The number of H-pyrrole nitrogens is 2. The zero-order chi connectivity index (χ0) is 82.9. The summed E-state index contributed by atoms with van der Waals surface area (Å²) < 4.78 is 107. The van der Waals surface area contributed by atoms with Crippen LogP contribution in [0, 0.1) is 56.9 Å². The molecule has 594 valence electrons. The number of rotatable bonds is 15. The maximum Gasteiger partial charge on any atom is 1.00 e. The number of aryl methyl sites for hydroxylation is 3. The van der Waals surface area contributed by atoms with Gasteiger partial charge >= 0.3 is 71.6 Å². The van der Waals surface area contributed by atoms with Crippen molar-refractivity contribution in [3.8, 4) is 11.4 Å². The van der Waals surface area contributed by atoms with E-state index in [1.54, 1.807) is 81.1 Å². The van der Waals surface area contributed by atoms with Gasteiger partial charge in [-0.05, 0) is 176 Å². The zero-order valence-electron chi connectivity index (χ0n) is 60.6. The van der Waals surface area contributed by atoms with E-state index in [1.165, 1.54) is 88.0 Å². The average Bonchev–Trinajstić information content (AvgIpc) is 1.56. The number of carbonyl (C=O) groups excluding carboxylic acids is 4. The number of nitrogens with zero attached hydrogens (tertiary/aromatic N) is 5. The second kappa shape index (κ2) is 41.5. The Bertz CT molecular complexity index is 5220. The number of carboxylic acid groups (broad SMARTS) is 1. The number of esters is 3. The van der Waals surface area contributed by atoms with Crippen molar-refractivity contribution in [1.29, 1.82) is 0 Å². The first-order valence-corrected chi connectivity index (χ1v) is 35.2. The molecule has 112 heavy (non-hydrogen) atoms. The number of nitrogens with one attached hydrogen (secondary N) is 2. The fourth-order valence-corrected chi connectivity index (χ4v) is 11.7. The molecule has 0 aliphatic carbocycles. The van der Waals surface area contributed by atoms with Crippen LogP contribution in [0.2, 0.25) is 0 Å². The van der Waals surface area contributed by atoms with E-state index in [2.05, 4.69) is 101 Å². The van der Waals surface area contributed by atoms with Gasteiger partial charge in [-0.25, -0.2) is 23.6 Å². The number of hydrogen-bond donors (Lipinski definition) is 7. The summed E-state index contributed by atoms with van der Waals surface area (Å²) in [6.07, 6.45) is -4.22. The van der Waals surface area contributed by atoms with Gasteiger partial charge in [0.05, 0.1) is 45.6 Å². The molecule has 0 spiro atoms. The predicted octanol–water partition coefficient (Wildman–Crippen LogP) is 14.0. The van der Waals surface area contributed by atoms with Gasteiger partial charge < -0.3 is 64.3 Å². The van der Waals surface area contributed by atoms with Crippen LogP contribution in [0.1, 0.15) is 74.9 Å². The molecule has 11 aromatic rings. The van der Waals surface area contributed by atoms with Crippen LogP contribution in [0.15, 0.2) is 176 Å². The van der Waals surface area contributed by atoms with E-state index in [9.17, 15) is 105 Å². The normalized spacial score (nSPS) is 12.4. The van der Waals surface area contributed by atoms with Crippen LogP contribution in [-0.4, -0.2) is 133 Å². The van der Waals surface area contributed by atoms with Gasteiger partial charge in [0.25, 0.3) is 22.7 Å². The molecule has 3 atom stereocenters. The van der Waals surface area contributed by atoms with Crippen LogP contribution in [0.5, 0.6) is 0 Å². The molecule has 8 N–H and O–H groups in total. The third kappa shape index (κ3) is 23.9. The van der Waals surface area contributed by atoms with Crippen molar-refractivity contribution in [3.63, 3.8) is 0 Å². The maximum atomic E-state index is 13.3. The van der Waals surface area contributed by atoms with Crippen molar-refractivity contribution in [1.82, 2.24) is 19.1 Å². The minimum atomic E-state index is -5.21. The molecule has 0 saturated carbocycles. The summed E-state index contributed by atoms with van der Waals surface area (Å²) in [5.74, 6) is -8.61. The van der Waals surface area contributed by atoms with Gasteiger partial charge in [0.15, 0.2) is 11.2 Å². The van der Waals surface area contributed by atoms with E-state index in [-0.39, 0.29) is 89.5 Å². The van der Waals surface area contributed by atoms with Gasteiger partial charge in [-0.3, -0.25) is 35.1 Å². The molecule has 4 aromatic heterocycles. The number of benzene rings is 7. The molecule has 11 rings (SSSR count). The molecule has 27 nitrogen and oxygen atoms in total. The van der Waals surface area contributed by atoms with Crippen molar-refractivity contribution in [2.75, 3.05) is 26.4 Å². The molecule has 0 aliphatic rings. The maximum absolute atomic E-state index is 13.3. The van der Waals surface area contributed by atoms with Crippen LogP contribution in [0.4, 0.5) is 47.8 Å². The molecule has 0 bridgehead atoms. The molecule has 0 radical (unpaired) electrons. The van der Waals surface area contributed by atoms with Crippen LogP contribution in [0.25, 0.3) is 55.0 Å². The van der Waals surface area contributed by atoms with E-state index in [4.69, 9.17) is 9.84 Å². The van der Waals surface area contributed by atoms with E-state index in [0.29, 0.717) is 59.9 Å². The Morgan fingerprint density at radius 3 is 1.31 bits per heavy atom. The number of halogens is 11. The number of aromatic nitrogens is 4. The molecule has 7 aromatic carbocycles. The van der Waals surface area contributed by atoms with Crippen LogP contribution >= 0.6 is 63.7 Å². The zero-order valence-corrected chi connectivity index (χ0v) is 69.0. The van der Waals surface area contributed by atoms with Crippen molar-refractivity contribution < 1.29 is 144 Å². The topological polar surface area (TPSA) is 415 Å². The molecule has 39 heteroatoms. The van der Waals surface area contributed by atoms with Gasteiger partial charge in [-0.1, -0.05) is 63.7 Å². The predicted molar refractivity (Wildman–Crippen MR) is 407 cm³/mol. The standard InChI is InChI=1S/C20H19BrN2O5.C18H15BrN2O5.C13H11BrF3NO3.C8H6BrN.C7H6FNO2.C5H5F3O3.C2H6O.Na.H2O/c1-4-28-19(24)20(3,25)16-11-22(18-7-5-13(21)10-15(16)18)17-8-6-14(23(26)27)9-12(17)2;1-10-7-12(21(25)26)4-6-15(10)20-9-14(18(2,24)17(22)23)13-8-11(19)3-5-16(13)20;1-2-21-11(19)12(20,13(15,16)17)9-6-18-10-4-3-7(14)5-8(9)10;9-7-1-2-8-6(5-7)3-4-10-8;1-5-4-6(9(10)11)2-3-7(5)8;1-2-11-4(10)3(9)5(6,7)8;1-2-3;;/h5-11,25H,4H2,1-3H3;3-9,24H,1-2H3,(H,22,23);3-6,18,20H,2H2,1H3;1-5,10H;2-4H,1H3;2H2,1H3;3H,2H2,1H3;;1H2/q;;;;;;;+1;/p-1. The largest absolute Gasteiger partial charge is 1.00 e. The van der Waals surface area contributed by atoms with E-state index in [0.717, 1.165) is 37.3 Å². The first-order valence-electron chi connectivity index (χ1n) is 32.0. The van der Waals surface area contributed by atoms with E-state index >= 15 is 0 Å². The number of Topliss-reactive ketones (excluding diaryl/α,β-unsaturated/α-hetero) is 1. The third-order valence-corrected chi connectivity index (χ3v) is 17.5. The Kier molecular flexibility index (Phi) is 35.9. The number of ether oxygens (including phenoxy) is 3. The van der Waals surface area contributed by atoms with Crippen molar-refractivity contribution in [3.05, 3.63) is 246 Å². The van der Waals surface area contributed by atoms with Gasteiger partial charge in [-0.2, -0.15) is 26.3 Å². The summed E-state index contributed by atoms with van der Waals surface area (Å²) >= 11 is 13.3. The number of non-ortho nitro benzene ring substituents is 3. The summed E-state index contributed by atoms with van der Waals surface area (Å²) in [6, 6.07) is 36.1. The Hall–Kier alpha value is -9.32. The number of hydrogen-bond acceptors (Lipinski definition) is 19. The molecule has 4 heterocycles. The van der Waals surface area contributed by atoms with Gasteiger partial charge in [0, 0.05) is 146 Å². The van der Waals surface area contributed by atoms with Crippen LogP contribution < -0.4 is 29.6 Å². The number of ketones is 1. The fraction of sp³-hybridized carbons (Fsp3) is 0.247. The third-order valence-electron chi connectivity index (χ3n) is 15.6. The summed E-state index contributed by atoms with van der Waals surface area (Å²) in [5, 5.41) is 83.2. The molecule has 0 saturated heterocycles. The number of aliphatic hydroxyl groups excluding tert-OH is 1. The minimum absolute atomic E-state index is 0. The fourth-order valence-electron chi connectivity index (χ4n) is 10.2. The van der Waals surface area contributed by atoms with E-state index in [1.807, 2.05) is 35.0 Å². The number of alkyl halides is 6. The number of carboxylic acids is 1. The Labute approximate surface area is 687 Å². The number of aromatic amines is 2. The number of nitro groups is 3. The summed E-state index contributed by atoms with van der Waals surface area (Å²) in [5.41, 5.74) is -1.74. The van der Waals surface area contributed by atoms with Gasteiger partial charge in [0.2, 0.25) is 0 Å². The second-order valence-corrected chi connectivity index (χ2v) is 27.0. The van der Waals surface area contributed by atoms with Gasteiger partial charge in [0.1, 0.15) is 5.82 Å². The summed E-state index contributed by atoms with van der Waals surface area (Å²) in [7, 11) is 0. The average molecular weight is 1840 g/mol. The minimum Gasteiger partial charge on any atom is -0.870 e. The van der Waals surface area contributed by atoms with E-state index < -0.39 is 85.0 Å². The molecule has 0 amide bonds. The van der Waals surface area contributed by atoms with Crippen molar-refractivity contribution in [2.24, 2.45) is 0 Å². The van der Waals surface area contributed by atoms with Crippen LogP contribution in [0.3, 0.4) is 0 Å². The number of nitro benzene ring substituents is 3. The van der Waals surface area contributed by atoms with Gasteiger partial charge in [-0.15, -0.1) is 0 Å². The first-order chi connectivity index (χ1) is 51.3. The molecular weight excluding hydrogens is 1770 g/mol. The molecule has 0 aliphatic heterocycles. The summed E-state index contributed by atoms with van der Waals surface area (Å²) in [4.78, 5) is 92.1. The summed E-state index contributed by atoms with van der Waals surface area (Å²) in [6.45, 7) is 13.5. The molecule has 0 fully saturated rings. The van der Waals surface area contributed by atoms with Crippen molar-refractivity contribution >= 4 is 154 Å². The quantitative estimate of drug-likeness (QED) is 0.00953. The Morgan fingerprint density at radius 1 is 0.518 bits per heavy atom. The Balaban J connectivity index is 0.000000359. The number of fused-ring (bicyclic) bond motifs is 4. The monoisotopic (exact) mass is 1840 g/mol. The molecular formula is C73H69Br4F7N7NaO20. The number of aliphatic carboxylic acids is 1. The molecule has 3 unspecified atom stereocenters. The SMILES string of the molecule is Brc1ccc2[nH]ccc2c1.CCO.CCOC(=O)C(=O)C(F)(F)F.CCOC(=O)C(C)(O)c1cn(-c2ccc([N+](=O)[O-])cc2C)c2ccc(Br)cc12.CCOC(=O)C(O)(c1c[nH]c2ccc(Br)cc12)C(F)(F)F.Cc1cc([N+](=O)[O-])ccc1-n1cc(C(C)(O)C(=O)O)c2cc(Br)ccc21.Cc1cc([N+](=O)[O-])ccc1F.[Na+].[OH-]. The number of carbonyl (C=O) groups is 5.